The first kappa shape index (κ1) is 16.2. The summed E-state index contributed by atoms with van der Waals surface area (Å²) in [5.74, 6) is 2.01. The van der Waals surface area contributed by atoms with Crippen LogP contribution in [0.2, 0.25) is 0 Å². The normalized spacial score (nSPS) is 49.6. The first-order valence-electron chi connectivity index (χ1n) is 9.47. The molecule has 4 heteroatoms. The van der Waals surface area contributed by atoms with Crippen LogP contribution in [0, 0.1) is 34.5 Å². The van der Waals surface area contributed by atoms with Gasteiger partial charge in [0.25, 0.3) is 0 Å². The number of nitrogens with one attached hydrogen (secondary N) is 1. The molecule has 0 radical (unpaired) electrons. The standard InChI is InChI=1S/C20H29NO3/c1-19-10-8-14-12(13(19)5-6-15(19)18(23)24-3)4-7-16-20(14,2)11-9-17(22)21-16/h9,11-16H,4-8,10H2,1-3H3,(H,21,22)/t12-,13-,14+,15+,16+,19-,20+/m0/s1. The van der Waals surface area contributed by atoms with Gasteiger partial charge in [-0.1, -0.05) is 19.9 Å². The lowest BCUT2D eigenvalue weighted by Gasteiger charge is -2.58. The summed E-state index contributed by atoms with van der Waals surface area (Å²) < 4.78 is 5.10. The molecule has 1 N–H and O–H groups in total. The summed E-state index contributed by atoms with van der Waals surface area (Å²) in [6, 6.07) is 0.276. The fraction of sp³-hybridized carbons (Fsp3) is 0.800. The summed E-state index contributed by atoms with van der Waals surface area (Å²) >= 11 is 0. The number of carbonyl (C=O) groups is 2. The highest BCUT2D eigenvalue weighted by Crippen LogP contribution is 2.65. The molecule has 3 aliphatic carbocycles. The van der Waals surface area contributed by atoms with E-state index in [1.54, 1.807) is 6.08 Å². The molecule has 0 spiro atoms. The van der Waals surface area contributed by atoms with Crippen molar-refractivity contribution < 1.29 is 14.3 Å². The Bertz CT molecular complexity index is 600. The first-order chi connectivity index (χ1) is 11.4. The van der Waals surface area contributed by atoms with E-state index in [1.165, 1.54) is 13.5 Å². The number of esters is 1. The molecule has 1 aliphatic heterocycles. The highest BCUT2D eigenvalue weighted by molar-refractivity contribution is 5.89. The molecule has 132 valence electrons. The summed E-state index contributed by atoms with van der Waals surface area (Å²) in [6.45, 7) is 4.66. The summed E-state index contributed by atoms with van der Waals surface area (Å²) in [7, 11) is 1.52. The van der Waals surface area contributed by atoms with Crippen molar-refractivity contribution in [2.24, 2.45) is 34.5 Å². The van der Waals surface area contributed by atoms with Crippen LogP contribution >= 0.6 is 0 Å². The maximum Gasteiger partial charge on any atom is 0.309 e. The van der Waals surface area contributed by atoms with Gasteiger partial charge in [0.2, 0.25) is 5.91 Å². The molecule has 4 nitrogen and oxygen atoms in total. The van der Waals surface area contributed by atoms with Crippen molar-refractivity contribution >= 4 is 11.9 Å². The van der Waals surface area contributed by atoms with E-state index < -0.39 is 0 Å². The second-order valence-corrected chi connectivity index (χ2v) is 8.91. The number of hydrogen-bond acceptors (Lipinski definition) is 3. The average molecular weight is 331 g/mol. The zero-order valence-electron chi connectivity index (χ0n) is 15.0. The second kappa shape index (κ2) is 5.34. The molecule has 4 aliphatic rings. The van der Waals surface area contributed by atoms with Crippen molar-refractivity contribution in [3.8, 4) is 0 Å². The van der Waals surface area contributed by atoms with Gasteiger partial charge in [-0.25, -0.2) is 0 Å². The average Bonchev–Trinajstić information content (AvgIpc) is 2.92. The molecule has 1 amide bonds. The van der Waals surface area contributed by atoms with Crippen LogP contribution in [0.25, 0.3) is 0 Å². The van der Waals surface area contributed by atoms with Crippen LogP contribution in [-0.2, 0) is 14.3 Å². The van der Waals surface area contributed by atoms with Gasteiger partial charge in [-0.15, -0.1) is 0 Å². The quantitative estimate of drug-likeness (QED) is 0.751. The van der Waals surface area contributed by atoms with Gasteiger partial charge in [0.1, 0.15) is 0 Å². The zero-order valence-corrected chi connectivity index (χ0v) is 15.0. The van der Waals surface area contributed by atoms with E-state index >= 15 is 0 Å². The van der Waals surface area contributed by atoms with Crippen molar-refractivity contribution in [3.63, 3.8) is 0 Å². The Hall–Kier alpha value is -1.32. The fourth-order valence-electron chi connectivity index (χ4n) is 6.86. The number of amides is 1. The lowest BCUT2D eigenvalue weighted by Crippen LogP contribution is -2.59. The predicted octanol–water partition coefficient (Wildman–Crippen LogP) is 3.07. The van der Waals surface area contributed by atoms with Crippen molar-refractivity contribution in [1.29, 1.82) is 0 Å². The van der Waals surface area contributed by atoms with E-state index in [1.807, 2.05) is 0 Å². The minimum Gasteiger partial charge on any atom is -0.469 e. The van der Waals surface area contributed by atoms with Gasteiger partial charge in [-0.3, -0.25) is 9.59 Å². The molecule has 0 unspecified atom stereocenters. The lowest BCUT2D eigenvalue weighted by atomic mass is 9.48. The highest BCUT2D eigenvalue weighted by atomic mass is 16.5. The summed E-state index contributed by atoms with van der Waals surface area (Å²) in [5, 5.41) is 3.20. The van der Waals surface area contributed by atoms with E-state index in [0.29, 0.717) is 17.8 Å². The van der Waals surface area contributed by atoms with Crippen molar-refractivity contribution in [3.05, 3.63) is 12.2 Å². The smallest absolute Gasteiger partial charge is 0.309 e. The maximum atomic E-state index is 12.3. The summed E-state index contributed by atoms with van der Waals surface area (Å²) in [6.07, 6.45) is 10.5. The molecule has 7 atom stereocenters. The van der Waals surface area contributed by atoms with Gasteiger partial charge in [0.05, 0.1) is 13.0 Å². The van der Waals surface area contributed by atoms with E-state index in [-0.39, 0.29) is 34.7 Å². The number of rotatable bonds is 1. The predicted molar refractivity (Wildman–Crippen MR) is 91.0 cm³/mol. The Morgan fingerprint density at radius 2 is 1.96 bits per heavy atom. The molecular formula is C20H29NO3. The van der Waals surface area contributed by atoms with Crippen LogP contribution in [0.3, 0.4) is 0 Å². The minimum atomic E-state index is -0.0110. The first-order valence-corrected chi connectivity index (χ1v) is 9.47. The Morgan fingerprint density at radius 1 is 1.17 bits per heavy atom. The topological polar surface area (TPSA) is 55.4 Å². The molecule has 0 bridgehead atoms. The van der Waals surface area contributed by atoms with Crippen LogP contribution in [0.4, 0.5) is 0 Å². The largest absolute Gasteiger partial charge is 0.469 e. The number of methoxy groups -OCH3 is 1. The summed E-state index contributed by atoms with van der Waals surface area (Å²) in [4.78, 5) is 24.0. The van der Waals surface area contributed by atoms with E-state index in [4.69, 9.17) is 4.74 Å². The van der Waals surface area contributed by atoms with Gasteiger partial charge in [0.15, 0.2) is 0 Å². The van der Waals surface area contributed by atoms with Gasteiger partial charge in [-0.05, 0) is 67.8 Å². The molecule has 0 aromatic rings. The number of fused-ring (bicyclic) bond motifs is 5. The van der Waals surface area contributed by atoms with Crippen LogP contribution in [0.15, 0.2) is 12.2 Å². The lowest BCUT2D eigenvalue weighted by molar-refractivity contribution is -0.153. The third kappa shape index (κ3) is 2.04. The van der Waals surface area contributed by atoms with E-state index in [2.05, 4.69) is 25.2 Å². The number of carbonyl (C=O) groups excluding carboxylic acids is 2. The van der Waals surface area contributed by atoms with Crippen LogP contribution in [0.1, 0.15) is 52.4 Å². The van der Waals surface area contributed by atoms with Gasteiger partial charge in [-0.2, -0.15) is 0 Å². The zero-order chi connectivity index (χ0) is 17.1. The van der Waals surface area contributed by atoms with Crippen LogP contribution in [-0.4, -0.2) is 25.0 Å². The fourth-order valence-corrected chi connectivity index (χ4v) is 6.86. The molecule has 0 aromatic carbocycles. The Labute approximate surface area is 144 Å². The van der Waals surface area contributed by atoms with Crippen molar-refractivity contribution in [1.82, 2.24) is 5.32 Å². The molecule has 3 saturated carbocycles. The van der Waals surface area contributed by atoms with Gasteiger partial charge >= 0.3 is 5.97 Å². The van der Waals surface area contributed by atoms with Gasteiger partial charge < -0.3 is 10.1 Å². The molecule has 24 heavy (non-hydrogen) atoms. The van der Waals surface area contributed by atoms with E-state index in [0.717, 1.165) is 32.1 Å². The van der Waals surface area contributed by atoms with Crippen molar-refractivity contribution in [2.45, 2.75) is 58.4 Å². The Balaban J connectivity index is 1.64. The third-order valence-corrected chi connectivity index (χ3v) is 8.17. The molecule has 4 rings (SSSR count). The Morgan fingerprint density at radius 3 is 2.71 bits per heavy atom. The van der Waals surface area contributed by atoms with E-state index in [9.17, 15) is 9.59 Å². The minimum absolute atomic E-state index is 0.0110. The third-order valence-electron chi connectivity index (χ3n) is 8.17. The number of hydrogen-bond donors (Lipinski definition) is 1. The van der Waals surface area contributed by atoms with Crippen molar-refractivity contribution in [2.75, 3.05) is 7.11 Å². The molecule has 3 fully saturated rings. The number of ether oxygens (including phenoxy) is 1. The molecule has 0 aromatic heterocycles. The Kier molecular flexibility index (Phi) is 3.59. The van der Waals surface area contributed by atoms with Crippen LogP contribution < -0.4 is 5.32 Å². The van der Waals surface area contributed by atoms with Gasteiger partial charge in [0, 0.05) is 11.5 Å². The van der Waals surface area contributed by atoms with Crippen LogP contribution in [0.5, 0.6) is 0 Å². The monoisotopic (exact) mass is 331 g/mol. The maximum absolute atomic E-state index is 12.3. The SMILES string of the molecule is COC(=O)[C@H]1CC[C@H]2[C@@H]3CC[C@H]4NC(=O)C=C[C@]4(C)[C@@H]3CC[C@]12C. The second-order valence-electron chi connectivity index (χ2n) is 8.91. The molecule has 0 saturated heterocycles. The highest BCUT2D eigenvalue weighted by Gasteiger charge is 2.61. The summed E-state index contributed by atoms with van der Waals surface area (Å²) in [5.41, 5.74) is 0.167. The molecular weight excluding hydrogens is 302 g/mol. The molecule has 1 heterocycles.